The lowest BCUT2D eigenvalue weighted by Crippen LogP contribution is -2.05. The topological polar surface area (TPSA) is 75.3 Å². The van der Waals surface area contributed by atoms with E-state index in [1.807, 2.05) is 6.07 Å². The monoisotopic (exact) mass is 232 g/mol. The lowest BCUT2D eigenvalue weighted by Gasteiger charge is -1.96. The molecular weight excluding hydrogens is 220 g/mol. The van der Waals surface area contributed by atoms with Gasteiger partial charge in [0.1, 0.15) is 18.0 Å². The fourth-order valence-electron chi connectivity index (χ4n) is 1.61. The molecule has 0 amide bonds. The largest absolute Gasteiger partial charge is 0.508 e. The van der Waals surface area contributed by atoms with Gasteiger partial charge in [-0.3, -0.25) is 4.79 Å². The maximum absolute atomic E-state index is 10.6. The van der Waals surface area contributed by atoms with Crippen LogP contribution in [0.2, 0.25) is 0 Å². The summed E-state index contributed by atoms with van der Waals surface area (Å²) < 4.78 is 1.67. The molecular formula is C12H12N2O3. The van der Waals surface area contributed by atoms with Crippen molar-refractivity contribution in [2.24, 2.45) is 7.05 Å². The summed E-state index contributed by atoms with van der Waals surface area (Å²) in [6.45, 7) is 0. The first-order chi connectivity index (χ1) is 8.06. The molecule has 0 unspecified atom stereocenters. The number of benzene rings is 1. The van der Waals surface area contributed by atoms with E-state index >= 15 is 0 Å². The van der Waals surface area contributed by atoms with E-state index < -0.39 is 5.97 Å². The summed E-state index contributed by atoms with van der Waals surface area (Å²) in [6.07, 6.45) is 1.63. The predicted molar refractivity (Wildman–Crippen MR) is 61.6 cm³/mol. The average Bonchev–Trinajstić information content (AvgIpc) is 2.59. The Hall–Kier alpha value is -2.30. The predicted octanol–water partition coefficient (Wildman–Crippen LogP) is 1.42. The first-order valence-electron chi connectivity index (χ1n) is 5.09. The molecule has 0 spiro atoms. The van der Waals surface area contributed by atoms with Crippen molar-refractivity contribution in [3.8, 4) is 17.0 Å². The number of phenols is 1. The van der Waals surface area contributed by atoms with E-state index in [9.17, 15) is 9.90 Å². The first-order valence-corrected chi connectivity index (χ1v) is 5.09. The zero-order valence-corrected chi connectivity index (χ0v) is 9.29. The van der Waals surface area contributed by atoms with Gasteiger partial charge in [0.2, 0.25) is 0 Å². The molecule has 1 heterocycles. The Morgan fingerprint density at radius 1 is 1.47 bits per heavy atom. The Morgan fingerprint density at radius 2 is 2.24 bits per heavy atom. The number of carboxylic acids is 1. The van der Waals surface area contributed by atoms with Gasteiger partial charge in [-0.05, 0) is 12.1 Å². The number of nitrogens with zero attached hydrogens (tertiary/aromatic N) is 2. The van der Waals surface area contributed by atoms with Crippen LogP contribution in [-0.2, 0) is 18.3 Å². The summed E-state index contributed by atoms with van der Waals surface area (Å²) in [5.74, 6) is -0.273. The van der Waals surface area contributed by atoms with Crippen molar-refractivity contribution in [1.82, 2.24) is 9.55 Å². The van der Waals surface area contributed by atoms with E-state index in [0.29, 0.717) is 11.5 Å². The van der Waals surface area contributed by atoms with Gasteiger partial charge >= 0.3 is 5.97 Å². The number of imidazole rings is 1. The Labute approximate surface area is 98.0 Å². The van der Waals surface area contributed by atoms with Gasteiger partial charge < -0.3 is 14.8 Å². The second-order valence-electron chi connectivity index (χ2n) is 3.77. The standard InChI is InChI=1S/C12H12N2O3/c1-14-7-10(13-11(14)6-12(16)17)8-3-2-4-9(15)5-8/h2-5,7,15H,6H2,1H3,(H,16,17). The van der Waals surface area contributed by atoms with E-state index in [-0.39, 0.29) is 12.2 Å². The van der Waals surface area contributed by atoms with Gasteiger partial charge in [-0.25, -0.2) is 4.98 Å². The van der Waals surface area contributed by atoms with Crippen molar-refractivity contribution in [2.75, 3.05) is 0 Å². The van der Waals surface area contributed by atoms with Crippen LogP contribution in [0.25, 0.3) is 11.3 Å². The van der Waals surface area contributed by atoms with Gasteiger partial charge in [-0.1, -0.05) is 12.1 Å². The van der Waals surface area contributed by atoms with Crippen molar-refractivity contribution < 1.29 is 15.0 Å². The van der Waals surface area contributed by atoms with Gasteiger partial charge in [-0.15, -0.1) is 0 Å². The van der Waals surface area contributed by atoms with Crippen molar-refractivity contribution in [3.05, 3.63) is 36.3 Å². The highest BCUT2D eigenvalue weighted by Gasteiger charge is 2.10. The molecule has 0 aliphatic rings. The first kappa shape index (κ1) is 11.2. The van der Waals surface area contributed by atoms with Crippen molar-refractivity contribution in [3.63, 3.8) is 0 Å². The molecule has 5 heteroatoms. The molecule has 0 saturated heterocycles. The zero-order chi connectivity index (χ0) is 12.4. The van der Waals surface area contributed by atoms with Crippen LogP contribution in [0.4, 0.5) is 0 Å². The van der Waals surface area contributed by atoms with Crippen LogP contribution < -0.4 is 0 Å². The number of aromatic hydroxyl groups is 1. The van der Waals surface area contributed by atoms with Gasteiger partial charge in [0.05, 0.1) is 5.69 Å². The van der Waals surface area contributed by atoms with E-state index in [4.69, 9.17) is 5.11 Å². The number of rotatable bonds is 3. The van der Waals surface area contributed by atoms with Crippen LogP contribution in [0, 0.1) is 0 Å². The molecule has 2 N–H and O–H groups in total. The van der Waals surface area contributed by atoms with Gasteiger partial charge in [0.15, 0.2) is 0 Å². The molecule has 1 aromatic carbocycles. The summed E-state index contributed by atoms with van der Waals surface area (Å²) in [5.41, 5.74) is 1.41. The van der Waals surface area contributed by atoms with Crippen LogP contribution in [0.5, 0.6) is 5.75 Å². The minimum Gasteiger partial charge on any atom is -0.508 e. The minimum absolute atomic E-state index is 0.116. The Morgan fingerprint density at radius 3 is 2.88 bits per heavy atom. The summed E-state index contributed by atoms with van der Waals surface area (Å²) >= 11 is 0. The molecule has 88 valence electrons. The summed E-state index contributed by atoms with van der Waals surface area (Å²) in [7, 11) is 1.75. The SMILES string of the molecule is Cn1cc(-c2cccc(O)c2)nc1CC(=O)O. The van der Waals surface area contributed by atoms with E-state index in [1.54, 1.807) is 36.0 Å². The molecule has 0 aliphatic heterocycles. The van der Waals surface area contributed by atoms with Crippen LogP contribution in [0.1, 0.15) is 5.82 Å². The van der Waals surface area contributed by atoms with Crippen LogP contribution in [0.3, 0.4) is 0 Å². The van der Waals surface area contributed by atoms with E-state index in [0.717, 1.165) is 5.56 Å². The highest BCUT2D eigenvalue weighted by molar-refractivity contribution is 5.70. The molecule has 0 bridgehead atoms. The normalized spacial score (nSPS) is 10.4. The summed E-state index contributed by atoms with van der Waals surface area (Å²) in [5, 5.41) is 18.1. The number of aryl methyl sites for hydroxylation is 1. The molecule has 0 aliphatic carbocycles. The minimum atomic E-state index is -0.916. The third kappa shape index (κ3) is 2.44. The Kier molecular flexibility index (Phi) is 2.82. The zero-order valence-electron chi connectivity index (χ0n) is 9.29. The molecule has 17 heavy (non-hydrogen) atoms. The summed E-state index contributed by atoms with van der Waals surface area (Å²) in [4.78, 5) is 14.9. The molecule has 1 aromatic heterocycles. The van der Waals surface area contributed by atoms with Crippen molar-refractivity contribution >= 4 is 5.97 Å². The number of carboxylic acid groups (broad SMARTS) is 1. The molecule has 5 nitrogen and oxygen atoms in total. The number of phenolic OH excluding ortho intramolecular Hbond substituents is 1. The second-order valence-corrected chi connectivity index (χ2v) is 3.77. The highest BCUT2D eigenvalue weighted by atomic mass is 16.4. The Balaban J connectivity index is 2.37. The third-order valence-corrected chi connectivity index (χ3v) is 2.42. The van der Waals surface area contributed by atoms with E-state index in [2.05, 4.69) is 4.98 Å². The highest BCUT2D eigenvalue weighted by Crippen LogP contribution is 2.22. The number of aliphatic carboxylic acids is 1. The average molecular weight is 232 g/mol. The smallest absolute Gasteiger partial charge is 0.311 e. The maximum Gasteiger partial charge on any atom is 0.311 e. The molecule has 0 radical (unpaired) electrons. The second kappa shape index (κ2) is 4.29. The van der Waals surface area contributed by atoms with Gasteiger partial charge in [-0.2, -0.15) is 0 Å². The number of aromatic nitrogens is 2. The van der Waals surface area contributed by atoms with Crippen LogP contribution in [0.15, 0.2) is 30.5 Å². The fourth-order valence-corrected chi connectivity index (χ4v) is 1.61. The lowest BCUT2D eigenvalue weighted by molar-refractivity contribution is -0.136. The number of hydrogen-bond donors (Lipinski definition) is 2. The van der Waals surface area contributed by atoms with Crippen LogP contribution in [-0.4, -0.2) is 25.7 Å². The quantitative estimate of drug-likeness (QED) is 0.839. The Bertz CT molecular complexity index is 561. The lowest BCUT2D eigenvalue weighted by atomic mass is 10.1. The van der Waals surface area contributed by atoms with E-state index in [1.165, 1.54) is 0 Å². The third-order valence-electron chi connectivity index (χ3n) is 2.42. The molecule has 2 aromatic rings. The molecule has 2 rings (SSSR count). The fraction of sp³-hybridized carbons (Fsp3) is 0.167. The van der Waals surface area contributed by atoms with Gasteiger partial charge in [0, 0.05) is 18.8 Å². The number of carbonyl (C=O) groups is 1. The van der Waals surface area contributed by atoms with Gasteiger partial charge in [0.25, 0.3) is 0 Å². The molecule has 0 atom stereocenters. The number of hydrogen-bond acceptors (Lipinski definition) is 3. The van der Waals surface area contributed by atoms with Crippen molar-refractivity contribution in [2.45, 2.75) is 6.42 Å². The molecule has 0 fully saturated rings. The summed E-state index contributed by atoms with van der Waals surface area (Å²) in [6, 6.07) is 6.69. The maximum atomic E-state index is 10.6. The van der Waals surface area contributed by atoms with Crippen LogP contribution >= 0.6 is 0 Å². The van der Waals surface area contributed by atoms with Crippen molar-refractivity contribution in [1.29, 1.82) is 0 Å². The molecule has 0 saturated carbocycles.